The molecule has 0 fully saturated rings. The van der Waals surface area contributed by atoms with Crippen LogP contribution in [0.5, 0.6) is 23.0 Å². The Kier molecular flexibility index (Phi) is 8.43. The molecule has 0 bridgehead atoms. The number of benzene rings is 7. The molecule has 66 heavy (non-hydrogen) atoms. The minimum Gasteiger partial charge on any atom is -0.457 e. The highest BCUT2D eigenvalue weighted by molar-refractivity contribution is 6.37. The summed E-state index contributed by atoms with van der Waals surface area (Å²) >= 11 is 0. The van der Waals surface area contributed by atoms with Gasteiger partial charge in [-0.1, -0.05) is 66.8 Å². The highest BCUT2D eigenvalue weighted by Crippen LogP contribution is 2.42. The summed E-state index contributed by atoms with van der Waals surface area (Å²) in [6.45, 7) is 0. The van der Waals surface area contributed by atoms with Gasteiger partial charge >= 0.3 is 0 Å². The SMILES string of the molecule is O=C1c2ccccc2C(=O)c2c1ccc1c(=O)[nH]c(C3C(=O)c4cc5cc6c(cc5cc4C3=O)C(=O)N(c3ccc(Oc4cccc(Oc5ccccc5)c4)cc3C3=CC=CC3)C6=O)nc21. The minimum atomic E-state index is -1.56. The van der Waals surface area contributed by atoms with Crippen molar-refractivity contribution in [3.63, 3.8) is 0 Å². The number of rotatable bonds is 7. The molecule has 3 aliphatic carbocycles. The lowest BCUT2D eigenvalue weighted by Crippen LogP contribution is -2.30. The van der Waals surface area contributed by atoms with Crippen LogP contribution in [0.2, 0.25) is 0 Å². The molecule has 314 valence electrons. The highest BCUT2D eigenvalue weighted by Gasteiger charge is 2.44. The highest BCUT2D eigenvalue weighted by atomic mass is 16.5. The number of para-hydroxylation sites is 1. The van der Waals surface area contributed by atoms with E-state index < -0.39 is 46.4 Å². The van der Waals surface area contributed by atoms with E-state index in [0.29, 0.717) is 51.4 Å². The predicted molar refractivity (Wildman–Crippen MR) is 243 cm³/mol. The predicted octanol–water partition coefficient (Wildman–Crippen LogP) is 9.74. The van der Waals surface area contributed by atoms with Crippen molar-refractivity contribution < 1.29 is 38.2 Å². The van der Waals surface area contributed by atoms with E-state index in [2.05, 4.69) is 9.97 Å². The van der Waals surface area contributed by atoms with Gasteiger partial charge in [-0.2, -0.15) is 0 Å². The van der Waals surface area contributed by atoms with Crippen molar-refractivity contribution >= 4 is 67.9 Å². The van der Waals surface area contributed by atoms with Gasteiger partial charge in [0.15, 0.2) is 23.1 Å². The molecule has 0 saturated carbocycles. The second kappa shape index (κ2) is 14.4. The summed E-state index contributed by atoms with van der Waals surface area (Å²) in [5.74, 6) is -2.95. The van der Waals surface area contributed by atoms with Crippen LogP contribution in [0.3, 0.4) is 0 Å². The van der Waals surface area contributed by atoms with Crippen molar-refractivity contribution in [1.29, 1.82) is 0 Å². The van der Waals surface area contributed by atoms with Crippen molar-refractivity contribution in [3.05, 3.63) is 218 Å². The zero-order valence-electron chi connectivity index (χ0n) is 34.3. The third-order valence-electron chi connectivity index (χ3n) is 12.4. The van der Waals surface area contributed by atoms with Crippen molar-refractivity contribution in [3.8, 4) is 23.0 Å². The quantitative estimate of drug-likeness (QED) is 0.120. The van der Waals surface area contributed by atoms with Crippen LogP contribution in [0, 0.1) is 0 Å². The third kappa shape index (κ3) is 5.85. The van der Waals surface area contributed by atoms with Crippen molar-refractivity contribution in [2.24, 2.45) is 0 Å². The Bertz CT molecular complexity index is 3660. The van der Waals surface area contributed by atoms with Crippen LogP contribution in [-0.2, 0) is 0 Å². The first-order valence-electron chi connectivity index (χ1n) is 21.0. The van der Waals surface area contributed by atoms with E-state index in [0.717, 1.165) is 10.5 Å². The summed E-state index contributed by atoms with van der Waals surface area (Å²) in [6, 6.07) is 37.0. The van der Waals surface area contributed by atoms with E-state index in [4.69, 9.17) is 9.47 Å². The largest absolute Gasteiger partial charge is 0.457 e. The van der Waals surface area contributed by atoms with Gasteiger partial charge < -0.3 is 14.5 Å². The molecule has 2 heterocycles. The van der Waals surface area contributed by atoms with Gasteiger partial charge in [0.25, 0.3) is 17.4 Å². The van der Waals surface area contributed by atoms with Gasteiger partial charge in [-0.05, 0) is 102 Å². The van der Waals surface area contributed by atoms with Crippen LogP contribution in [0.25, 0.3) is 27.2 Å². The molecular weight excluding hydrogens is 835 g/mol. The van der Waals surface area contributed by atoms with Gasteiger partial charge in [-0.25, -0.2) is 9.88 Å². The smallest absolute Gasteiger partial charge is 0.266 e. The van der Waals surface area contributed by atoms with Gasteiger partial charge in [0.1, 0.15) is 34.7 Å². The lowest BCUT2D eigenvalue weighted by Gasteiger charge is -2.20. The molecule has 2 amide bonds. The number of carbonyl (C=O) groups is 6. The average molecular weight is 864 g/mol. The second-order valence-corrected chi connectivity index (χ2v) is 16.3. The Hall–Kier alpha value is -9.16. The number of carbonyl (C=O) groups excluding carboxylic acids is 6. The molecule has 12 nitrogen and oxygen atoms in total. The lowest BCUT2D eigenvalue weighted by atomic mass is 9.83. The Labute approximate surface area is 373 Å². The van der Waals surface area contributed by atoms with Crippen LogP contribution < -0.4 is 19.9 Å². The number of hydrogen-bond acceptors (Lipinski definition) is 10. The van der Waals surface area contributed by atoms with E-state index in [1.807, 2.05) is 60.7 Å². The number of aromatic nitrogens is 2. The molecule has 0 atom stereocenters. The molecule has 4 aliphatic rings. The third-order valence-corrected chi connectivity index (χ3v) is 12.4. The van der Waals surface area contributed by atoms with Crippen molar-refractivity contribution in [1.82, 2.24) is 9.97 Å². The number of hydrogen-bond donors (Lipinski definition) is 1. The first-order chi connectivity index (χ1) is 32.1. The second-order valence-electron chi connectivity index (χ2n) is 16.3. The molecule has 0 spiro atoms. The molecule has 1 aromatic heterocycles. The maximum absolute atomic E-state index is 14.3. The summed E-state index contributed by atoms with van der Waals surface area (Å²) in [5.41, 5.74) is 1.75. The fourth-order valence-electron chi connectivity index (χ4n) is 9.32. The maximum Gasteiger partial charge on any atom is 0.266 e. The summed E-state index contributed by atoms with van der Waals surface area (Å²) in [4.78, 5) is 106. The number of nitrogens with zero attached hydrogens (tertiary/aromatic N) is 2. The molecule has 12 rings (SSSR count). The zero-order chi connectivity index (χ0) is 45.0. The van der Waals surface area contributed by atoms with Crippen molar-refractivity contribution in [2.45, 2.75) is 12.3 Å². The number of aromatic amines is 1. The van der Waals surface area contributed by atoms with Crippen LogP contribution in [-0.4, -0.2) is 44.9 Å². The number of anilines is 1. The Morgan fingerprint density at radius 3 is 1.80 bits per heavy atom. The van der Waals surface area contributed by atoms with E-state index >= 15 is 0 Å². The molecule has 0 saturated heterocycles. The van der Waals surface area contributed by atoms with Gasteiger partial charge in [0.2, 0.25) is 0 Å². The zero-order valence-corrected chi connectivity index (χ0v) is 34.3. The monoisotopic (exact) mass is 863 g/mol. The van der Waals surface area contributed by atoms with E-state index in [1.165, 1.54) is 42.5 Å². The normalized spacial score (nSPS) is 15.1. The number of fused-ring (bicyclic) bond motifs is 7. The van der Waals surface area contributed by atoms with E-state index in [1.54, 1.807) is 48.5 Å². The standard InChI is InChI=1S/C54H29N3O9/c58-47-34-15-6-7-16-35(34)48(59)44-36(47)18-19-37-46(44)55-51(56-52(37)62)45-49(60)39-21-28-23-41-42(24-29(28)22-40(39)50(45)61)54(64)57(53(41)63)43-20-17-33(26-38(43)27-9-4-5-10-27)66-32-14-8-13-31(25-32)65-30-11-2-1-3-12-30/h1-9,11-26,45H,10H2,(H,55,56,62). The number of Topliss-reactive ketones (excluding diaryl/α,β-unsaturated/α-hetero) is 2. The fraction of sp³-hybridized carbons (Fsp3) is 0.0370. The van der Waals surface area contributed by atoms with Gasteiger partial charge in [0, 0.05) is 39.4 Å². The lowest BCUT2D eigenvalue weighted by molar-refractivity contribution is 0.0879. The average Bonchev–Trinajstić information content (AvgIpc) is 4.02. The van der Waals surface area contributed by atoms with Gasteiger partial charge in [-0.15, -0.1) is 0 Å². The molecular formula is C54H29N3O9. The summed E-state index contributed by atoms with van der Waals surface area (Å²) < 4.78 is 12.3. The number of ketones is 4. The summed E-state index contributed by atoms with van der Waals surface area (Å²) in [6.07, 6.45) is 6.36. The van der Waals surface area contributed by atoms with Crippen LogP contribution in [0.15, 0.2) is 156 Å². The Balaban J connectivity index is 0.867. The number of imide groups is 1. The first kappa shape index (κ1) is 38.5. The Morgan fingerprint density at radius 1 is 0.530 bits per heavy atom. The molecule has 1 N–H and O–H groups in total. The number of amides is 2. The number of ether oxygens (including phenoxy) is 2. The topological polar surface area (TPSA) is 170 Å². The van der Waals surface area contributed by atoms with Gasteiger partial charge in [-0.3, -0.25) is 33.6 Å². The van der Waals surface area contributed by atoms with E-state index in [9.17, 15) is 33.6 Å². The molecule has 1 aliphatic heterocycles. The van der Waals surface area contributed by atoms with Crippen molar-refractivity contribution in [2.75, 3.05) is 4.90 Å². The molecule has 0 unspecified atom stereocenters. The Morgan fingerprint density at radius 2 is 1.14 bits per heavy atom. The summed E-state index contributed by atoms with van der Waals surface area (Å²) in [5, 5.41) is 0.875. The molecule has 0 radical (unpaired) electrons. The molecule has 7 aromatic carbocycles. The number of allylic oxidation sites excluding steroid dienone is 4. The number of H-pyrrole nitrogens is 1. The summed E-state index contributed by atoms with van der Waals surface area (Å²) in [7, 11) is 0. The molecule has 12 heteroatoms. The minimum absolute atomic E-state index is 0.0149. The van der Waals surface area contributed by atoms with Crippen LogP contribution in [0.4, 0.5) is 5.69 Å². The number of nitrogens with one attached hydrogen (secondary N) is 1. The molecule has 8 aromatic rings. The van der Waals surface area contributed by atoms with Gasteiger partial charge in [0.05, 0.1) is 33.3 Å². The fourth-order valence-corrected chi connectivity index (χ4v) is 9.32. The maximum atomic E-state index is 14.3. The van der Waals surface area contributed by atoms with Crippen LogP contribution in [0.1, 0.15) is 97.0 Å². The van der Waals surface area contributed by atoms with E-state index in [-0.39, 0.29) is 61.2 Å². The first-order valence-corrected chi connectivity index (χ1v) is 21.0. The van der Waals surface area contributed by atoms with Crippen LogP contribution >= 0.6 is 0 Å².